The van der Waals surface area contributed by atoms with E-state index in [0.717, 1.165) is 13.0 Å². The van der Waals surface area contributed by atoms with E-state index in [1.807, 2.05) is 0 Å². The molecule has 1 rings (SSSR count). The van der Waals surface area contributed by atoms with E-state index >= 15 is 0 Å². The Morgan fingerprint density at radius 1 is 1.57 bits per heavy atom. The first kappa shape index (κ1) is 10.6. The van der Waals surface area contributed by atoms with Crippen LogP contribution in [0.4, 0.5) is 0 Å². The van der Waals surface area contributed by atoms with E-state index in [1.54, 1.807) is 24.1 Å². The van der Waals surface area contributed by atoms with Crippen molar-refractivity contribution in [1.29, 1.82) is 0 Å². The summed E-state index contributed by atoms with van der Waals surface area (Å²) in [4.78, 5) is 11.0. The van der Waals surface area contributed by atoms with E-state index < -0.39 is 0 Å². The normalized spacial score (nSPS) is 10.1. The minimum absolute atomic E-state index is 0.0195. The largest absolute Gasteiger partial charge is 0.355 e. The fourth-order valence-corrected chi connectivity index (χ4v) is 1.04. The summed E-state index contributed by atoms with van der Waals surface area (Å²) in [5, 5.41) is 13.1. The Hall–Kier alpha value is -1.43. The second-order valence-electron chi connectivity index (χ2n) is 2.90. The number of nitrogens with one attached hydrogen (secondary N) is 2. The highest BCUT2D eigenvalue weighted by molar-refractivity contribution is 5.77. The van der Waals surface area contributed by atoms with Gasteiger partial charge >= 0.3 is 0 Å². The molecule has 1 aromatic rings. The van der Waals surface area contributed by atoms with Crippen molar-refractivity contribution in [3.8, 4) is 0 Å². The van der Waals surface area contributed by atoms with Crippen LogP contribution in [0.15, 0.2) is 12.4 Å². The molecule has 0 radical (unpaired) electrons. The maximum Gasteiger partial charge on any atom is 0.233 e. The van der Waals surface area contributed by atoms with Crippen LogP contribution in [-0.4, -0.2) is 41.0 Å². The number of carbonyl (C=O) groups excluding carboxylic acids is 1. The Balaban J connectivity index is 2.02. The van der Waals surface area contributed by atoms with Crippen LogP contribution in [0.3, 0.4) is 0 Å². The fraction of sp³-hybridized carbons (Fsp3) is 0.625. The van der Waals surface area contributed by atoms with E-state index in [4.69, 9.17) is 0 Å². The molecule has 0 unspecified atom stereocenters. The van der Waals surface area contributed by atoms with Gasteiger partial charge in [0.25, 0.3) is 0 Å². The average Bonchev–Trinajstić information content (AvgIpc) is 2.65. The maximum atomic E-state index is 11.0. The van der Waals surface area contributed by atoms with Gasteiger partial charge in [0.15, 0.2) is 0 Å². The van der Waals surface area contributed by atoms with E-state index in [1.165, 1.54) is 0 Å². The van der Waals surface area contributed by atoms with Crippen LogP contribution in [0.2, 0.25) is 0 Å². The summed E-state index contributed by atoms with van der Waals surface area (Å²) < 4.78 is 1.74. The lowest BCUT2D eigenvalue weighted by atomic mass is 10.4. The molecule has 1 amide bonds. The van der Waals surface area contributed by atoms with Gasteiger partial charge in [-0.3, -0.25) is 9.48 Å². The summed E-state index contributed by atoms with van der Waals surface area (Å²) in [6, 6.07) is 0. The number of aromatic nitrogens is 3. The second-order valence-corrected chi connectivity index (χ2v) is 2.90. The molecule has 0 aliphatic carbocycles. The molecule has 2 N–H and O–H groups in total. The number of aryl methyl sites for hydroxylation is 1. The van der Waals surface area contributed by atoms with Gasteiger partial charge in [-0.1, -0.05) is 5.21 Å². The summed E-state index contributed by atoms with van der Waals surface area (Å²) >= 11 is 0. The lowest BCUT2D eigenvalue weighted by Gasteiger charge is -2.04. The van der Waals surface area contributed by atoms with Crippen LogP contribution >= 0.6 is 0 Å². The highest BCUT2D eigenvalue weighted by atomic mass is 16.1. The van der Waals surface area contributed by atoms with Gasteiger partial charge in [-0.25, -0.2) is 0 Å². The molecule has 1 heterocycles. The first-order valence-electron chi connectivity index (χ1n) is 4.58. The summed E-state index contributed by atoms with van der Waals surface area (Å²) in [7, 11) is 1.75. The molecule has 0 aliphatic heterocycles. The standard InChI is InChI=1S/C8H15N5O/c1-9-7-8(14)10-3-2-5-13-6-4-11-12-13/h4,6,9H,2-3,5,7H2,1H3,(H,10,14). The highest BCUT2D eigenvalue weighted by Crippen LogP contribution is 1.85. The minimum atomic E-state index is 0.0195. The molecule has 0 bridgehead atoms. The molecule has 0 aromatic carbocycles. The molecule has 0 saturated carbocycles. The number of hydrogen-bond donors (Lipinski definition) is 2. The molecule has 1 aromatic heterocycles. The third-order valence-corrected chi connectivity index (χ3v) is 1.70. The molecule has 0 spiro atoms. The molecular formula is C8H15N5O. The molecule has 14 heavy (non-hydrogen) atoms. The van der Waals surface area contributed by atoms with Crippen molar-refractivity contribution in [1.82, 2.24) is 25.6 Å². The van der Waals surface area contributed by atoms with Crippen LogP contribution < -0.4 is 10.6 Å². The molecule has 0 saturated heterocycles. The van der Waals surface area contributed by atoms with Crippen LogP contribution in [0.5, 0.6) is 0 Å². The number of rotatable bonds is 6. The Morgan fingerprint density at radius 2 is 2.43 bits per heavy atom. The molecular weight excluding hydrogens is 182 g/mol. The summed E-state index contributed by atoms with van der Waals surface area (Å²) in [6.07, 6.45) is 4.30. The zero-order chi connectivity index (χ0) is 10.2. The van der Waals surface area contributed by atoms with Gasteiger partial charge in [-0.2, -0.15) is 0 Å². The lowest BCUT2D eigenvalue weighted by molar-refractivity contribution is -0.120. The van der Waals surface area contributed by atoms with Crippen molar-refractivity contribution in [2.45, 2.75) is 13.0 Å². The van der Waals surface area contributed by atoms with Crippen molar-refractivity contribution >= 4 is 5.91 Å². The number of likely N-dealkylation sites (N-methyl/N-ethyl adjacent to an activating group) is 1. The third-order valence-electron chi connectivity index (χ3n) is 1.70. The van der Waals surface area contributed by atoms with Gasteiger partial charge in [-0.15, -0.1) is 5.10 Å². The van der Waals surface area contributed by atoms with Gasteiger partial charge in [0.1, 0.15) is 0 Å². The predicted molar refractivity (Wildman–Crippen MR) is 51.6 cm³/mol. The Labute approximate surface area is 82.7 Å². The minimum Gasteiger partial charge on any atom is -0.355 e. The maximum absolute atomic E-state index is 11.0. The zero-order valence-electron chi connectivity index (χ0n) is 8.23. The van der Waals surface area contributed by atoms with Crippen molar-refractivity contribution in [2.24, 2.45) is 0 Å². The van der Waals surface area contributed by atoms with Crippen LogP contribution in [0, 0.1) is 0 Å². The smallest absolute Gasteiger partial charge is 0.233 e. The van der Waals surface area contributed by atoms with E-state index in [0.29, 0.717) is 13.1 Å². The first-order valence-corrected chi connectivity index (χ1v) is 4.58. The Kier molecular flexibility index (Phi) is 4.63. The molecule has 0 atom stereocenters. The van der Waals surface area contributed by atoms with Crippen molar-refractivity contribution in [2.75, 3.05) is 20.1 Å². The number of nitrogens with zero attached hydrogens (tertiary/aromatic N) is 3. The summed E-state index contributed by atoms with van der Waals surface area (Å²) in [5.74, 6) is 0.0195. The highest BCUT2D eigenvalue weighted by Gasteiger charge is 1.97. The zero-order valence-corrected chi connectivity index (χ0v) is 8.23. The molecule has 78 valence electrons. The molecule has 0 fully saturated rings. The van der Waals surface area contributed by atoms with Gasteiger partial charge in [0.2, 0.25) is 5.91 Å². The number of hydrogen-bond acceptors (Lipinski definition) is 4. The fourth-order valence-electron chi connectivity index (χ4n) is 1.04. The molecule has 0 aliphatic rings. The topological polar surface area (TPSA) is 71.8 Å². The first-order chi connectivity index (χ1) is 6.83. The quantitative estimate of drug-likeness (QED) is 0.574. The number of carbonyl (C=O) groups is 1. The van der Waals surface area contributed by atoms with Crippen LogP contribution in [0.25, 0.3) is 0 Å². The van der Waals surface area contributed by atoms with E-state index in [-0.39, 0.29) is 5.91 Å². The Morgan fingerprint density at radius 3 is 3.07 bits per heavy atom. The van der Waals surface area contributed by atoms with E-state index in [2.05, 4.69) is 20.9 Å². The van der Waals surface area contributed by atoms with Crippen molar-refractivity contribution in [3.63, 3.8) is 0 Å². The van der Waals surface area contributed by atoms with Crippen molar-refractivity contribution < 1.29 is 4.79 Å². The lowest BCUT2D eigenvalue weighted by Crippen LogP contribution is -2.33. The third kappa shape index (κ3) is 3.99. The van der Waals surface area contributed by atoms with Gasteiger partial charge in [0.05, 0.1) is 12.7 Å². The monoisotopic (exact) mass is 197 g/mol. The average molecular weight is 197 g/mol. The van der Waals surface area contributed by atoms with Crippen LogP contribution in [0.1, 0.15) is 6.42 Å². The predicted octanol–water partition coefficient (Wildman–Crippen LogP) is -0.996. The SMILES string of the molecule is CNCC(=O)NCCCn1ccnn1. The molecule has 6 heteroatoms. The second kappa shape index (κ2) is 6.09. The van der Waals surface area contributed by atoms with Crippen LogP contribution in [-0.2, 0) is 11.3 Å². The molecule has 6 nitrogen and oxygen atoms in total. The summed E-state index contributed by atoms with van der Waals surface area (Å²) in [6.45, 7) is 1.81. The Bertz CT molecular complexity index is 259. The van der Waals surface area contributed by atoms with Crippen molar-refractivity contribution in [3.05, 3.63) is 12.4 Å². The van der Waals surface area contributed by atoms with Gasteiger partial charge < -0.3 is 10.6 Å². The van der Waals surface area contributed by atoms with Gasteiger partial charge in [0, 0.05) is 19.3 Å². The summed E-state index contributed by atoms with van der Waals surface area (Å²) in [5.41, 5.74) is 0. The van der Waals surface area contributed by atoms with E-state index in [9.17, 15) is 4.79 Å². The number of amides is 1. The van der Waals surface area contributed by atoms with Gasteiger partial charge in [-0.05, 0) is 13.5 Å².